The molecule has 0 saturated carbocycles. The summed E-state index contributed by atoms with van der Waals surface area (Å²) in [5, 5.41) is 3.59. The minimum Gasteiger partial charge on any atom is -0.311 e. The second-order valence-corrected chi connectivity index (χ2v) is 5.95. The van der Waals surface area contributed by atoms with Crippen LogP contribution in [0, 0.1) is 5.92 Å². The summed E-state index contributed by atoms with van der Waals surface area (Å²) in [5.41, 5.74) is 0. The fourth-order valence-corrected chi connectivity index (χ4v) is 2.26. The Hall–Kier alpha value is 0.110. The van der Waals surface area contributed by atoms with Gasteiger partial charge in [0.25, 0.3) is 0 Å². The minimum absolute atomic E-state index is 0.478. The van der Waals surface area contributed by atoms with Crippen LogP contribution in [0.3, 0.4) is 0 Å². The molecule has 86 valence electrons. The quantitative estimate of drug-likeness (QED) is 0.711. The molecule has 0 aromatic heterocycles. The van der Waals surface area contributed by atoms with Crippen LogP contribution in [0.5, 0.6) is 0 Å². The van der Waals surface area contributed by atoms with Crippen molar-refractivity contribution >= 4 is 10.8 Å². The van der Waals surface area contributed by atoms with Crippen molar-refractivity contribution in [3.63, 3.8) is 0 Å². The fourth-order valence-electron chi connectivity index (χ4n) is 1.57. The molecular weight excluding hydrogens is 194 g/mol. The highest BCUT2D eigenvalue weighted by atomic mass is 32.2. The zero-order chi connectivity index (χ0) is 11.1. The highest BCUT2D eigenvalue weighted by Gasteiger charge is 2.13. The summed E-state index contributed by atoms with van der Waals surface area (Å²) in [6.07, 6.45) is 3.94. The van der Waals surface area contributed by atoms with E-state index in [1.807, 2.05) is 0 Å². The van der Waals surface area contributed by atoms with Crippen molar-refractivity contribution in [3.8, 4) is 0 Å². The molecule has 0 bridgehead atoms. The van der Waals surface area contributed by atoms with E-state index >= 15 is 0 Å². The van der Waals surface area contributed by atoms with Crippen LogP contribution in [-0.2, 0) is 10.8 Å². The predicted molar refractivity (Wildman–Crippen MR) is 65.1 cm³/mol. The number of nitrogens with one attached hydrogen (secondary N) is 1. The molecule has 2 nitrogen and oxygen atoms in total. The van der Waals surface area contributed by atoms with E-state index in [1.54, 1.807) is 6.26 Å². The maximum atomic E-state index is 10.9. The van der Waals surface area contributed by atoms with Crippen LogP contribution in [0.1, 0.15) is 40.5 Å². The number of rotatable bonds is 7. The molecule has 0 aromatic rings. The van der Waals surface area contributed by atoms with Gasteiger partial charge in [-0.3, -0.25) is 4.21 Å². The van der Waals surface area contributed by atoms with E-state index in [0.29, 0.717) is 18.0 Å². The van der Waals surface area contributed by atoms with Gasteiger partial charge in [0.15, 0.2) is 0 Å². The van der Waals surface area contributed by atoms with Gasteiger partial charge in [-0.15, -0.1) is 0 Å². The standard InChI is InChI=1S/C11H25NOS/c1-6-11(9(2)3)12-10(4)7-8-14(5)13/h9-12H,6-8H2,1-5H3. The Morgan fingerprint density at radius 3 is 2.21 bits per heavy atom. The molecule has 0 saturated heterocycles. The molecular formula is C11H25NOS. The van der Waals surface area contributed by atoms with E-state index in [1.165, 1.54) is 0 Å². The van der Waals surface area contributed by atoms with Gasteiger partial charge < -0.3 is 5.32 Å². The third-order valence-electron chi connectivity index (χ3n) is 2.58. The second kappa shape index (κ2) is 7.41. The smallest absolute Gasteiger partial charge is 0.0246 e. The third kappa shape index (κ3) is 6.55. The van der Waals surface area contributed by atoms with E-state index in [4.69, 9.17) is 0 Å². The average Bonchev–Trinajstić information content (AvgIpc) is 2.10. The molecule has 0 radical (unpaired) electrons. The maximum absolute atomic E-state index is 10.9. The molecule has 0 aromatic carbocycles. The van der Waals surface area contributed by atoms with E-state index in [-0.39, 0.29) is 0 Å². The Morgan fingerprint density at radius 2 is 1.86 bits per heavy atom. The predicted octanol–water partition coefficient (Wildman–Crippen LogP) is 2.17. The third-order valence-corrected chi connectivity index (χ3v) is 3.39. The lowest BCUT2D eigenvalue weighted by Gasteiger charge is -2.25. The van der Waals surface area contributed by atoms with Gasteiger partial charge in [0.2, 0.25) is 0 Å². The fraction of sp³-hybridized carbons (Fsp3) is 1.00. The monoisotopic (exact) mass is 219 g/mol. The van der Waals surface area contributed by atoms with Gasteiger partial charge in [-0.1, -0.05) is 20.8 Å². The first-order valence-electron chi connectivity index (χ1n) is 5.53. The molecule has 3 heteroatoms. The topological polar surface area (TPSA) is 29.1 Å². The Kier molecular flexibility index (Phi) is 7.47. The van der Waals surface area contributed by atoms with Crippen molar-refractivity contribution < 1.29 is 4.21 Å². The Bertz CT molecular complexity index is 171. The van der Waals surface area contributed by atoms with Crippen LogP contribution < -0.4 is 5.32 Å². The van der Waals surface area contributed by atoms with Crippen LogP contribution in [0.4, 0.5) is 0 Å². The summed E-state index contributed by atoms with van der Waals surface area (Å²) in [4.78, 5) is 0. The van der Waals surface area contributed by atoms with Crippen molar-refractivity contribution in [2.24, 2.45) is 5.92 Å². The number of hydrogen-bond acceptors (Lipinski definition) is 2. The maximum Gasteiger partial charge on any atom is 0.0246 e. The molecule has 0 heterocycles. The van der Waals surface area contributed by atoms with Gasteiger partial charge in [-0.05, 0) is 25.7 Å². The summed E-state index contributed by atoms with van der Waals surface area (Å²) in [7, 11) is -0.654. The first-order valence-corrected chi connectivity index (χ1v) is 7.26. The summed E-state index contributed by atoms with van der Waals surface area (Å²) in [6.45, 7) is 8.87. The number of hydrogen-bond donors (Lipinski definition) is 1. The molecule has 14 heavy (non-hydrogen) atoms. The SMILES string of the molecule is CCC(NC(C)CCS(C)=O)C(C)C. The first kappa shape index (κ1) is 14.1. The summed E-state index contributed by atoms with van der Waals surface area (Å²) in [5.74, 6) is 1.48. The lowest BCUT2D eigenvalue weighted by molar-refractivity contribution is 0.348. The molecule has 3 unspecified atom stereocenters. The zero-order valence-electron chi connectivity index (χ0n) is 10.2. The van der Waals surface area contributed by atoms with Crippen LogP contribution in [0.15, 0.2) is 0 Å². The van der Waals surface area contributed by atoms with Crippen LogP contribution >= 0.6 is 0 Å². The average molecular weight is 219 g/mol. The van der Waals surface area contributed by atoms with Gasteiger partial charge in [0.1, 0.15) is 0 Å². The van der Waals surface area contributed by atoms with Crippen molar-refractivity contribution in [1.82, 2.24) is 5.32 Å². The summed E-state index contributed by atoms with van der Waals surface area (Å²) < 4.78 is 10.9. The van der Waals surface area contributed by atoms with Gasteiger partial charge in [-0.25, -0.2) is 0 Å². The van der Waals surface area contributed by atoms with Crippen molar-refractivity contribution in [2.45, 2.75) is 52.6 Å². The Balaban J connectivity index is 3.78. The molecule has 0 aliphatic heterocycles. The van der Waals surface area contributed by atoms with E-state index in [9.17, 15) is 4.21 Å². The van der Waals surface area contributed by atoms with Gasteiger partial charge in [-0.2, -0.15) is 0 Å². The highest BCUT2D eigenvalue weighted by Crippen LogP contribution is 2.07. The molecule has 0 aliphatic carbocycles. The van der Waals surface area contributed by atoms with E-state index in [2.05, 4.69) is 33.0 Å². The highest BCUT2D eigenvalue weighted by molar-refractivity contribution is 7.84. The van der Waals surface area contributed by atoms with Crippen molar-refractivity contribution in [3.05, 3.63) is 0 Å². The molecule has 3 atom stereocenters. The Labute approximate surface area is 91.3 Å². The molecule has 0 aliphatic rings. The van der Waals surface area contributed by atoms with E-state index in [0.717, 1.165) is 18.6 Å². The minimum atomic E-state index is -0.654. The largest absolute Gasteiger partial charge is 0.311 e. The normalized spacial score (nSPS) is 18.1. The first-order chi connectivity index (χ1) is 6.47. The molecule has 0 spiro atoms. The van der Waals surface area contributed by atoms with Gasteiger partial charge >= 0.3 is 0 Å². The molecule has 1 N–H and O–H groups in total. The molecule has 0 amide bonds. The van der Waals surface area contributed by atoms with Crippen LogP contribution in [0.25, 0.3) is 0 Å². The molecule has 0 fully saturated rings. The molecule has 0 rings (SSSR count). The van der Waals surface area contributed by atoms with Crippen molar-refractivity contribution in [1.29, 1.82) is 0 Å². The summed E-state index contributed by atoms with van der Waals surface area (Å²) in [6, 6.07) is 1.07. The van der Waals surface area contributed by atoms with E-state index < -0.39 is 10.8 Å². The van der Waals surface area contributed by atoms with Crippen molar-refractivity contribution in [2.75, 3.05) is 12.0 Å². The van der Waals surface area contributed by atoms with Crippen LogP contribution in [0.2, 0.25) is 0 Å². The van der Waals surface area contributed by atoms with Crippen LogP contribution in [-0.4, -0.2) is 28.3 Å². The second-order valence-electron chi connectivity index (χ2n) is 4.39. The zero-order valence-corrected chi connectivity index (χ0v) is 11.0. The van der Waals surface area contributed by atoms with Gasteiger partial charge in [0, 0.05) is 34.9 Å². The lowest BCUT2D eigenvalue weighted by Crippen LogP contribution is -2.40. The Morgan fingerprint density at radius 1 is 1.29 bits per heavy atom. The lowest BCUT2D eigenvalue weighted by atomic mass is 10.0. The van der Waals surface area contributed by atoms with Gasteiger partial charge in [0.05, 0.1) is 0 Å². The summed E-state index contributed by atoms with van der Waals surface area (Å²) >= 11 is 0.